The average molecular weight is 229 g/mol. The molecule has 1 aliphatic heterocycles. The fourth-order valence-electron chi connectivity index (χ4n) is 1.52. The summed E-state index contributed by atoms with van der Waals surface area (Å²) in [6.45, 7) is 12.1. The lowest BCUT2D eigenvalue weighted by Crippen LogP contribution is -2.69. The van der Waals surface area contributed by atoms with Crippen molar-refractivity contribution >= 4 is 6.09 Å². The van der Waals surface area contributed by atoms with Crippen LogP contribution in [0.2, 0.25) is 0 Å². The summed E-state index contributed by atoms with van der Waals surface area (Å²) in [5.74, 6) is 0. The van der Waals surface area contributed by atoms with Crippen LogP contribution in [-0.4, -0.2) is 40.4 Å². The van der Waals surface area contributed by atoms with Gasteiger partial charge in [-0.05, 0) is 26.2 Å². The highest BCUT2D eigenvalue weighted by molar-refractivity contribution is 5.69. The number of aliphatic hydroxyl groups is 1. The molecule has 1 N–H and O–H groups in total. The van der Waals surface area contributed by atoms with Gasteiger partial charge in [-0.1, -0.05) is 20.8 Å². The van der Waals surface area contributed by atoms with Gasteiger partial charge in [-0.3, -0.25) is 0 Å². The van der Waals surface area contributed by atoms with E-state index in [1.165, 1.54) is 4.90 Å². The number of amides is 1. The van der Waals surface area contributed by atoms with Crippen molar-refractivity contribution in [3.05, 3.63) is 0 Å². The smallest absolute Gasteiger partial charge is 0.410 e. The van der Waals surface area contributed by atoms with E-state index in [4.69, 9.17) is 4.74 Å². The van der Waals surface area contributed by atoms with Gasteiger partial charge in [0.05, 0.1) is 13.1 Å². The Kier molecular flexibility index (Phi) is 3.01. The number of carbonyl (C=O) groups is 1. The zero-order valence-electron chi connectivity index (χ0n) is 11.1. The Balaban J connectivity index is 2.51. The highest BCUT2D eigenvalue weighted by Gasteiger charge is 2.52. The van der Waals surface area contributed by atoms with E-state index in [-0.39, 0.29) is 11.5 Å². The molecule has 0 aromatic heterocycles. The van der Waals surface area contributed by atoms with Crippen LogP contribution in [0.1, 0.15) is 41.5 Å². The van der Waals surface area contributed by atoms with Crippen molar-refractivity contribution in [2.45, 2.75) is 52.7 Å². The first-order valence-corrected chi connectivity index (χ1v) is 5.65. The van der Waals surface area contributed by atoms with E-state index in [0.717, 1.165) is 0 Å². The van der Waals surface area contributed by atoms with Crippen molar-refractivity contribution in [3.63, 3.8) is 0 Å². The lowest BCUT2D eigenvalue weighted by molar-refractivity contribution is -0.156. The molecule has 1 aliphatic rings. The summed E-state index contributed by atoms with van der Waals surface area (Å²) in [7, 11) is 0. The molecule has 0 bridgehead atoms. The number of hydrogen-bond donors (Lipinski definition) is 1. The van der Waals surface area contributed by atoms with Gasteiger partial charge in [0.15, 0.2) is 0 Å². The second-order valence-electron chi connectivity index (χ2n) is 6.62. The van der Waals surface area contributed by atoms with E-state index < -0.39 is 11.2 Å². The number of likely N-dealkylation sites (tertiary alicyclic amines) is 1. The van der Waals surface area contributed by atoms with Gasteiger partial charge in [-0.25, -0.2) is 4.79 Å². The summed E-state index contributed by atoms with van der Waals surface area (Å²) >= 11 is 0. The van der Waals surface area contributed by atoms with Crippen molar-refractivity contribution in [2.24, 2.45) is 5.41 Å². The minimum Gasteiger partial charge on any atom is -0.444 e. The lowest BCUT2D eigenvalue weighted by atomic mass is 9.72. The molecular formula is C12H23NO3. The van der Waals surface area contributed by atoms with Crippen molar-refractivity contribution in [1.82, 2.24) is 4.90 Å². The Morgan fingerprint density at radius 1 is 1.19 bits per heavy atom. The third kappa shape index (κ3) is 2.67. The number of β-amino-alcohol motifs (C(OH)–C–C–N with tert-alkyl or cyclic N) is 1. The zero-order chi connectivity index (χ0) is 12.8. The van der Waals surface area contributed by atoms with Crippen molar-refractivity contribution in [3.8, 4) is 0 Å². The maximum atomic E-state index is 11.6. The van der Waals surface area contributed by atoms with Crippen LogP contribution < -0.4 is 0 Å². The summed E-state index contributed by atoms with van der Waals surface area (Å²) in [5, 5.41) is 10.2. The Labute approximate surface area is 97.6 Å². The second kappa shape index (κ2) is 3.62. The van der Waals surface area contributed by atoms with E-state index in [9.17, 15) is 9.90 Å². The first-order valence-electron chi connectivity index (χ1n) is 5.65. The van der Waals surface area contributed by atoms with Crippen LogP contribution >= 0.6 is 0 Å². The Bertz CT molecular complexity index is 280. The van der Waals surface area contributed by atoms with Crippen LogP contribution in [0.25, 0.3) is 0 Å². The summed E-state index contributed by atoms with van der Waals surface area (Å²) in [6.07, 6.45) is -0.346. The van der Waals surface area contributed by atoms with Gasteiger partial charge in [-0.2, -0.15) is 0 Å². The second-order valence-corrected chi connectivity index (χ2v) is 6.62. The zero-order valence-corrected chi connectivity index (χ0v) is 11.1. The van der Waals surface area contributed by atoms with E-state index in [1.807, 2.05) is 41.5 Å². The number of carbonyl (C=O) groups excluding carboxylic acids is 1. The molecule has 0 unspecified atom stereocenters. The summed E-state index contributed by atoms with van der Waals surface area (Å²) in [4.78, 5) is 13.2. The Morgan fingerprint density at radius 2 is 1.62 bits per heavy atom. The van der Waals surface area contributed by atoms with Crippen molar-refractivity contribution < 1.29 is 14.6 Å². The number of hydrogen-bond acceptors (Lipinski definition) is 3. The third-order valence-electron chi connectivity index (χ3n) is 2.95. The molecule has 1 rings (SSSR count). The van der Waals surface area contributed by atoms with Gasteiger partial charge in [-0.15, -0.1) is 0 Å². The molecule has 16 heavy (non-hydrogen) atoms. The van der Waals surface area contributed by atoms with Gasteiger partial charge in [0, 0.05) is 0 Å². The van der Waals surface area contributed by atoms with Gasteiger partial charge >= 0.3 is 6.09 Å². The fourth-order valence-corrected chi connectivity index (χ4v) is 1.52. The van der Waals surface area contributed by atoms with Crippen LogP contribution in [0.15, 0.2) is 0 Å². The topological polar surface area (TPSA) is 49.8 Å². The maximum Gasteiger partial charge on any atom is 0.410 e. The van der Waals surface area contributed by atoms with Crippen LogP contribution in [0.3, 0.4) is 0 Å². The fraction of sp³-hybridized carbons (Fsp3) is 0.917. The minimum atomic E-state index is -0.788. The molecule has 0 aliphatic carbocycles. The molecule has 1 fully saturated rings. The Hall–Kier alpha value is -0.770. The quantitative estimate of drug-likeness (QED) is 0.691. The monoisotopic (exact) mass is 229 g/mol. The molecule has 1 heterocycles. The van der Waals surface area contributed by atoms with Crippen LogP contribution in [0.4, 0.5) is 4.79 Å². The summed E-state index contributed by atoms with van der Waals surface area (Å²) < 4.78 is 5.22. The van der Waals surface area contributed by atoms with Crippen LogP contribution in [-0.2, 0) is 4.74 Å². The molecule has 0 atom stereocenters. The lowest BCUT2D eigenvalue weighted by Gasteiger charge is -2.53. The van der Waals surface area contributed by atoms with Crippen molar-refractivity contribution in [2.75, 3.05) is 13.1 Å². The Morgan fingerprint density at radius 3 is 1.94 bits per heavy atom. The third-order valence-corrected chi connectivity index (χ3v) is 2.95. The maximum absolute atomic E-state index is 11.6. The summed E-state index contributed by atoms with van der Waals surface area (Å²) in [5.41, 5.74) is -1.48. The molecule has 0 saturated carbocycles. The van der Waals surface area contributed by atoms with Crippen LogP contribution in [0.5, 0.6) is 0 Å². The predicted octanol–water partition coefficient (Wildman–Crippen LogP) is 2.01. The molecule has 0 aromatic carbocycles. The van der Waals surface area contributed by atoms with E-state index >= 15 is 0 Å². The van der Waals surface area contributed by atoms with Gasteiger partial charge < -0.3 is 14.7 Å². The molecule has 4 nitrogen and oxygen atoms in total. The number of ether oxygens (including phenoxy) is 1. The van der Waals surface area contributed by atoms with E-state index in [2.05, 4.69) is 0 Å². The van der Waals surface area contributed by atoms with Crippen LogP contribution in [0, 0.1) is 5.41 Å². The molecule has 0 aromatic rings. The van der Waals surface area contributed by atoms with Gasteiger partial charge in [0.25, 0.3) is 0 Å². The molecule has 0 spiro atoms. The molecule has 0 radical (unpaired) electrons. The van der Waals surface area contributed by atoms with Gasteiger partial charge in [0.2, 0.25) is 0 Å². The normalized spacial score (nSPS) is 20.3. The minimum absolute atomic E-state index is 0.217. The standard InChI is InChI=1S/C12H23NO3/c1-10(2,3)12(15)7-13(8-12)9(14)16-11(4,5)6/h15H,7-8H2,1-6H3. The summed E-state index contributed by atoms with van der Waals surface area (Å²) in [6, 6.07) is 0. The number of rotatable bonds is 0. The van der Waals surface area contributed by atoms with E-state index in [1.54, 1.807) is 0 Å². The number of nitrogens with zero attached hydrogens (tertiary/aromatic N) is 1. The average Bonchev–Trinajstić information content (AvgIpc) is 1.92. The largest absolute Gasteiger partial charge is 0.444 e. The first-order chi connectivity index (χ1) is 6.95. The predicted molar refractivity (Wildman–Crippen MR) is 62.2 cm³/mol. The molecule has 1 amide bonds. The molecular weight excluding hydrogens is 206 g/mol. The SMILES string of the molecule is CC(C)(C)OC(=O)N1CC(O)(C(C)(C)C)C1. The molecule has 1 saturated heterocycles. The highest BCUT2D eigenvalue weighted by Crippen LogP contribution is 2.38. The molecule has 4 heteroatoms. The van der Waals surface area contributed by atoms with E-state index in [0.29, 0.717) is 13.1 Å². The first kappa shape index (κ1) is 13.3. The van der Waals surface area contributed by atoms with Gasteiger partial charge in [0.1, 0.15) is 11.2 Å². The highest BCUT2D eigenvalue weighted by atomic mass is 16.6. The molecule has 94 valence electrons. The van der Waals surface area contributed by atoms with Crippen molar-refractivity contribution in [1.29, 1.82) is 0 Å².